The first kappa shape index (κ1) is 19.1. The third kappa shape index (κ3) is 4.43. The molecule has 0 N–H and O–H groups in total. The predicted molar refractivity (Wildman–Crippen MR) is 113 cm³/mol. The van der Waals surface area contributed by atoms with Crippen LogP contribution in [0.15, 0.2) is 54.6 Å². The van der Waals surface area contributed by atoms with Gasteiger partial charge in [0.25, 0.3) is 5.79 Å². The van der Waals surface area contributed by atoms with Gasteiger partial charge in [0.2, 0.25) is 0 Å². The van der Waals surface area contributed by atoms with Gasteiger partial charge in [-0.2, -0.15) is 0 Å². The van der Waals surface area contributed by atoms with Gasteiger partial charge in [-0.25, -0.2) is 9.59 Å². The van der Waals surface area contributed by atoms with Crippen LogP contribution in [-0.4, -0.2) is 21.2 Å². The van der Waals surface area contributed by atoms with E-state index >= 15 is 0 Å². The molecule has 1 heterocycles. The lowest BCUT2D eigenvalue weighted by molar-refractivity contribution is -0.236. The number of carbonyl (C=O) groups is 2. The van der Waals surface area contributed by atoms with Gasteiger partial charge in [-0.1, -0.05) is 57.5 Å². The summed E-state index contributed by atoms with van der Waals surface area (Å²) in [6.07, 6.45) is 4.11. The molecule has 0 aromatic heterocycles. The summed E-state index contributed by atoms with van der Waals surface area (Å²) in [6, 6.07) is 17.5. The highest BCUT2D eigenvalue weighted by atomic mass is 127. The van der Waals surface area contributed by atoms with E-state index in [1.54, 1.807) is 0 Å². The smallest absolute Gasteiger partial charge is 0.354 e. The second-order valence-electron chi connectivity index (χ2n) is 6.89. The molecule has 0 radical (unpaired) electrons. The maximum atomic E-state index is 12.5. The number of benzene rings is 2. The van der Waals surface area contributed by atoms with Gasteiger partial charge in [0.1, 0.15) is 12.4 Å². The molecule has 2 aromatic carbocycles. The normalized spacial score (nSPS) is 18.5. The first-order valence-corrected chi connectivity index (χ1v) is 11.5. The first-order chi connectivity index (χ1) is 13.6. The van der Waals surface area contributed by atoms with E-state index in [0.717, 1.165) is 34.1 Å². The Balaban J connectivity index is 1.42. The van der Waals surface area contributed by atoms with Crippen molar-refractivity contribution in [2.24, 2.45) is 0 Å². The van der Waals surface area contributed by atoms with Crippen molar-refractivity contribution >= 4 is 36.2 Å². The monoisotopic (exact) mass is 492 g/mol. The molecule has 4 rings (SSSR count). The predicted octanol–water partition coefficient (Wildman–Crippen LogP) is 4.34. The standard InChI is InChI=1S/C22H21IO5/c24-20-19(21(25)28-22(27-20)13-5-2-6-14-22)23-17-9-11-18(12-10-17)26-15-16-7-3-1-4-8-16/h1,3-4,7-12H,2,5-6,13-15H2. The Bertz CT molecular complexity index is 861. The minimum Gasteiger partial charge on any atom is -0.489 e. The summed E-state index contributed by atoms with van der Waals surface area (Å²) in [7, 11) is 0. The molecule has 6 heteroatoms. The fourth-order valence-corrected chi connectivity index (χ4v) is 5.35. The summed E-state index contributed by atoms with van der Waals surface area (Å²) in [5.74, 6) is -1.28. The summed E-state index contributed by atoms with van der Waals surface area (Å²) in [6.45, 7) is 0.493. The molecule has 1 aliphatic heterocycles. The molecular formula is C22H21IO5. The average molecular weight is 492 g/mol. The van der Waals surface area contributed by atoms with Crippen LogP contribution >= 0.6 is 20.7 Å². The molecule has 0 bridgehead atoms. The molecule has 2 fully saturated rings. The minimum absolute atomic E-state index is 0.160. The minimum atomic E-state index is -1.02. The highest BCUT2D eigenvalue weighted by Crippen LogP contribution is 2.36. The molecule has 1 spiro atoms. The van der Waals surface area contributed by atoms with Crippen molar-refractivity contribution in [3.63, 3.8) is 0 Å². The Morgan fingerprint density at radius 1 is 0.857 bits per heavy atom. The van der Waals surface area contributed by atoms with Crippen LogP contribution in [0.5, 0.6) is 5.75 Å². The van der Waals surface area contributed by atoms with E-state index in [0.29, 0.717) is 19.4 Å². The number of ether oxygens (including phenoxy) is 3. The van der Waals surface area contributed by atoms with E-state index in [9.17, 15) is 9.59 Å². The molecule has 0 atom stereocenters. The van der Waals surface area contributed by atoms with Crippen LogP contribution in [0.1, 0.15) is 37.7 Å². The number of hydrogen-bond donors (Lipinski definition) is 0. The van der Waals surface area contributed by atoms with Crippen molar-refractivity contribution in [3.8, 4) is 5.75 Å². The number of halogens is 1. The second-order valence-corrected chi connectivity index (χ2v) is 9.75. The SMILES string of the molecule is O=C1OC2(CCCCC2)OC(=O)C1=Ic1ccc(OCc2ccccc2)cc1. The van der Waals surface area contributed by atoms with Gasteiger partial charge in [-0.05, 0) is 42.7 Å². The third-order valence-corrected chi connectivity index (χ3v) is 7.56. The quantitative estimate of drug-likeness (QED) is 0.470. The zero-order valence-corrected chi connectivity index (χ0v) is 17.5. The molecule has 2 aromatic rings. The highest BCUT2D eigenvalue weighted by Gasteiger charge is 2.46. The Morgan fingerprint density at radius 2 is 1.50 bits per heavy atom. The van der Waals surface area contributed by atoms with Crippen molar-refractivity contribution < 1.29 is 23.8 Å². The van der Waals surface area contributed by atoms with E-state index in [1.807, 2.05) is 54.6 Å². The van der Waals surface area contributed by atoms with Crippen LogP contribution in [0.25, 0.3) is 0 Å². The van der Waals surface area contributed by atoms with Gasteiger partial charge in [-0.3, -0.25) is 0 Å². The van der Waals surface area contributed by atoms with Gasteiger partial charge in [-0.15, -0.1) is 0 Å². The summed E-state index contributed by atoms with van der Waals surface area (Å²) in [4.78, 5) is 24.9. The summed E-state index contributed by atoms with van der Waals surface area (Å²) in [5, 5.41) is 0. The number of rotatable bonds is 4. The molecular weight excluding hydrogens is 471 g/mol. The second kappa shape index (κ2) is 8.43. The summed E-state index contributed by atoms with van der Waals surface area (Å²) < 4.78 is 18.0. The molecule has 5 nitrogen and oxygen atoms in total. The lowest BCUT2D eigenvalue weighted by Gasteiger charge is -2.38. The van der Waals surface area contributed by atoms with Crippen molar-refractivity contribution in [1.29, 1.82) is 0 Å². The molecule has 28 heavy (non-hydrogen) atoms. The Morgan fingerprint density at radius 3 is 2.14 bits per heavy atom. The molecule has 1 saturated carbocycles. The Kier molecular flexibility index (Phi) is 5.75. The number of carbonyl (C=O) groups excluding carboxylic acids is 2. The van der Waals surface area contributed by atoms with Crippen molar-refractivity contribution in [1.82, 2.24) is 0 Å². The Hall–Kier alpha value is -2.22. The maximum absolute atomic E-state index is 12.5. The summed E-state index contributed by atoms with van der Waals surface area (Å²) in [5.41, 5.74) is 1.10. The maximum Gasteiger partial charge on any atom is 0.354 e. The largest absolute Gasteiger partial charge is 0.489 e. The fraction of sp³-hybridized carbons (Fsp3) is 0.318. The van der Waals surface area contributed by atoms with Gasteiger partial charge < -0.3 is 14.2 Å². The van der Waals surface area contributed by atoms with E-state index < -0.39 is 38.5 Å². The summed E-state index contributed by atoms with van der Waals surface area (Å²) >= 11 is -0.969. The van der Waals surface area contributed by atoms with E-state index in [2.05, 4.69) is 0 Å². The van der Waals surface area contributed by atoms with Crippen molar-refractivity contribution in [2.45, 2.75) is 44.5 Å². The third-order valence-electron chi connectivity index (χ3n) is 4.80. The molecule has 2 aliphatic rings. The molecule has 0 unspecified atom stereocenters. The topological polar surface area (TPSA) is 61.8 Å². The van der Waals surface area contributed by atoms with E-state index in [4.69, 9.17) is 14.2 Å². The van der Waals surface area contributed by atoms with Crippen LogP contribution < -0.4 is 4.74 Å². The van der Waals surface area contributed by atoms with Crippen LogP contribution in [0.3, 0.4) is 0 Å². The fourth-order valence-electron chi connectivity index (χ4n) is 3.35. The zero-order chi connectivity index (χ0) is 19.4. The number of hydrogen-bond acceptors (Lipinski definition) is 5. The van der Waals surface area contributed by atoms with Gasteiger partial charge in [0, 0.05) is 16.4 Å². The van der Waals surface area contributed by atoms with Gasteiger partial charge in [0.05, 0.1) is 0 Å². The molecule has 1 saturated heterocycles. The van der Waals surface area contributed by atoms with E-state index in [-0.39, 0.29) is 3.51 Å². The van der Waals surface area contributed by atoms with Crippen molar-refractivity contribution in [3.05, 3.63) is 63.7 Å². The Labute approximate surface area is 173 Å². The van der Waals surface area contributed by atoms with Crippen molar-refractivity contribution in [2.75, 3.05) is 0 Å². The van der Waals surface area contributed by atoms with E-state index in [1.165, 1.54) is 0 Å². The van der Waals surface area contributed by atoms with Gasteiger partial charge in [0.15, 0.2) is 3.51 Å². The van der Waals surface area contributed by atoms with Crippen LogP contribution in [0.2, 0.25) is 0 Å². The average Bonchev–Trinajstić information content (AvgIpc) is 2.71. The van der Waals surface area contributed by atoms with Crippen LogP contribution in [0, 0.1) is 3.57 Å². The zero-order valence-electron chi connectivity index (χ0n) is 15.4. The molecule has 146 valence electrons. The lowest BCUT2D eigenvalue weighted by Crippen LogP contribution is -2.50. The molecule has 1 aliphatic carbocycles. The van der Waals surface area contributed by atoms with Crippen LogP contribution in [0.4, 0.5) is 0 Å². The van der Waals surface area contributed by atoms with Gasteiger partial charge >= 0.3 is 11.9 Å². The molecule has 0 amide bonds. The first-order valence-electron chi connectivity index (χ1n) is 9.39. The number of esters is 2. The highest BCUT2D eigenvalue weighted by molar-refractivity contribution is 14.2. The van der Waals surface area contributed by atoms with Crippen LogP contribution in [-0.2, 0) is 25.7 Å². The lowest BCUT2D eigenvalue weighted by atomic mass is 9.93.